The lowest BCUT2D eigenvalue weighted by Gasteiger charge is -2.07. The molecule has 1 fully saturated rings. The van der Waals surface area contributed by atoms with Crippen molar-refractivity contribution >= 4 is 23.2 Å². The molecule has 1 amide bonds. The van der Waals surface area contributed by atoms with Gasteiger partial charge in [-0.2, -0.15) is 0 Å². The molecule has 1 heterocycles. The highest BCUT2D eigenvalue weighted by molar-refractivity contribution is 7.13. The minimum Gasteiger partial charge on any atom is -0.480 e. The van der Waals surface area contributed by atoms with Gasteiger partial charge in [0.25, 0.3) is 5.91 Å². The normalized spacial score (nSPS) is 17.4. The summed E-state index contributed by atoms with van der Waals surface area (Å²) in [4.78, 5) is 27.8. The maximum Gasteiger partial charge on any atom is 0.325 e. The van der Waals surface area contributed by atoms with Crippen molar-refractivity contribution in [1.29, 1.82) is 0 Å². The van der Waals surface area contributed by atoms with E-state index in [1.54, 1.807) is 6.92 Å². The predicted octanol–water partition coefficient (Wildman–Crippen LogP) is 2.31. The number of carbonyl (C=O) groups is 2. The largest absolute Gasteiger partial charge is 0.480 e. The highest BCUT2D eigenvalue weighted by Crippen LogP contribution is 2.37. The molecule has 0 aliphatic heterocycles. The van der Waals surface area contributed by atoms with E-state index in [0.29, 0.717) is 16.5 Å². The quantitative estimate of drug-likeness (QED) is 0.888. The highest BCUT2D eigenvalue weighted by atomic mass is 32.1. The number of hydrogen-bond donors (Lipinski definition) is 2. The molecule has 0 spiro atoms. The van der Waals surface area contributed by atoms with Crippen LogP contribution in [0.15, 0.2) is 0 Å². The Hall–Kier alpha value is -1.43. The Labute approximate surface area is 116 Å². The van der Waals surface area contributed by atoms with Crippen molar-refractivity contribution in [3.63, 3.8) is 0 Å². The first-order valence-corrected chi connectivity index (χ1v) is 7.31. The number of aryl methyl sites for hydroxylation is 1. The Bertz CT molecular complexity index is 492. The van der Waals surface area contributed by atoms with E-state index in [-0.39, 0.29) is 5.91 Å². The second kappa shape index (κ2) is 5.69. The molecule has 0 saturated heterocycles. The molecule has 1 aromatic heterocycles. The molecule has 2 rings (SSSR count). The summed E-state index contributed by atoms with van der Waals surface area (Å²) < 4.78 is 0. The van der Waals surface area contributed by atoms with Crippen LogP contribution in [0.5, 0.6) is 0 Å². The molecule has 5 nitrogen and oxygen atoms in total. The number of thiazole rings is 1. The van der Waals surface area contributed by atoms with E-state index >= 15 is 0 Å². The van der Waals surface area contributed by atoms with Crippen molar-refractivity contribution in [3.05, 3.63) is 15.6 Å². The molecule has 0 aromatic carbocycles. The van der Waals surface area contributed by atoms with Crippen molar-refractivity contribution in [2.45, 2.75) is 51.5 Å². The van der Waals surface area contributed by atoms with E-state index in [2.05, 4.69) is 10.3 Å². The summed E-state index contributed by atoms with van der Waals surface area (Å²) in [6.45, 7) is 3.25. The molecular formula is C13H18N2O3S. The number of carbonyl (C=O) groups excluding carboxylic acids is 1. The average molecular weight is 282 g/mol. The fraction of sp³-hybridized carbons (Fsp3) is 0.615. The van der Waals surface area contributed by atoms with Gasteiger partial charge in [-0.1, -0.05) is 12.8 Å². The first-order valence-electron chi connectivity index (χ1n) is 6.50. The summed E-state index contributed by atoms with van der Waals surface area (Å²) in [6.07, 6.45) is 4.72. The number of hydrogen-bond acceptors (Lipinski definition) is 4. The molecule has 1 aliphatic carbocycles. The Kier molecular flexibility index (Phi) is 4.19. The zero-order chi connectivity index (χ0) is 14.0. The molecule has 19 heavy (non-hydrogen) atoms. The first kappa shape index (κ1) is 14.0. The van der Waals surface area contributed by atoms with Crippen LogP contribution in [0.4, 0.5) is 0 Å². The van der Waals surface area contributed by atoms with Crippen LogP contribution in [0.3, 0.4) is 0 Å². The molecule has 1 aliphatic rings. The van der Waals surface area contributed by atoms with Gasteiger partial charge in [-0.15, -0.1) is 11.3 Å². The molecular weight excluding hydrogens is 264 g/mol. The van der Waals surface area contributed by atoms with E-state index in [9.17, 15) is 9.59 Å². The molecule has 1 aromatic rings. The van der Waals surface area contributed by atoms with Crippen molar-refractivity contribution in [3.8, 4) is 0 Å². The Morgan fingerprint density at radius 1 is 1.42 bits per heavy atom. The zero-order valence-electron chi connectivity index (χ0n) is 11.1. The number of rotatable bonds is 4. The summed E-state index contributed by atoms with van der Waals surface area (Å²) in [6, 6.07) is -0.885. The number of nitrogens with zero attached hydrogens (tertiary/aromatic N) is 1. The fourth-order valence-corrected chi connectivity index (χ4v) is 3.44. The summed E-state index contributed by atoms with van der Waals surface area (Å²) in [7, 11) is 0. The maximum atomic E-state index is 12.0. The average Bonchev–Trinajstić information content (AvgIpc) is 2.96. The van der Waals surface area contributed by atoms with Gasteiger partial charge in [0, 0.05) is 5.92 Å². The van der Waals surface area contributed by atoms with Crippen LogP contribution >= 0.6 is 11.3 Å². The van der Waals surface area contributed by atoms with Crippen LogP contribution in [-0.2, 0) is 4.79 Å². The van der Waals surface area contributed by atoms with Crippen LogP contribution in [0, 0.1) is 6.92 Å². The lowest BCUT2D eigenvalue weighted by Crippen LogP contribution is -2.38. The Morgan fingerprint density at radius 3 is 2.63 bits per heavy atom. The molecule has 2 N–H and O–H groups in total. The number of aromatic nitrogens is 1. The minimum absolute atomic E-state index is 0.339. The summed E-state index contributed by atoms with van der Waals surface area (Å²) in [5.74, 6) is -0.900. The lowest BCUT2D eigenvalue weighted by atomic mass is 10.1. The van der Waals surface area contributed by atoms with E-state index < -0.39 is 12.0 Å². The SMILES string of the molecule is Cc1nc(C2CCCC2)sc1C(=O)NC(C)C(=O)O. The van der Waals surface area contributed by atoms with E-state index in [4.69, 9.17) is 5.11 Å². The second-order valence-electron chi connectivity index (χ2n) is 4.98. The third kappa shape index (κ3) is 3.12. The van der Waals surface area contributed by atoms with Crippen LogP contribution in [0.1, 0.15) is 58.9 Å². The van der Waals surface area contributed by atoms with Crippen LogP contribution in [0.2, 0.25) is 0 Å². The van der Waals surface area contributed by atoms with Crippen molar-refractivity contribution < 1.29 is 14.7 Å². The number of nitrogens with one attached hydrogen (secondary N) is 1. The standard InChI is InChI=1S/C13H18N2O3S/c1-7-10(11(16)14-8(2)13(17)18)19-12(15-7)9-5-3-4-6-9/h8-9H,3-6H2,1-2H3,(H,14,16)(H,17,18). The Balaban J connectivity index is 2.11. The van der Waals surface area contributed by atoms with Gasteiger partial charge in [0.2, 0.25) is 0 Å². The second-order valence-corrected chi connectivity index (χ2v) is 6.01. The zero-order valence-corrected chi connectivity index (χ0v) is 11.9. The third-order valence-corrected chi connectivity index (χ3v) is 4.76. The topological polar surface area (TPSA) is 79.3 Å². The van der Waals surface area contributed by atoms with Crippen LogP contribution < -0.4 is 5.32 Å². The number of carboxylic acids is 1. The molecule has 0 bridgehead atoms. The monoisotopic (exact) mass is 282 g/mol. The molecule has 104 valence electrons. The summed E-state index contributed by atoms with van der Waals surface area (Å²) in [5, 5.41) is 12.3. The van der Waals surface area contributed by atoms with Crippen molar-refractivity contribution in [1.82, 2.24) is 10.3 Å². The van der Waals surface area contributed by atoms with E-state index in [1.807, 2.05) is 0 Å². The fourth-order valence-electron chi connectivity index (χ4n) is 2.30. The van der Waals surface area contributed by atoms with Gasteiger partial charge in [-0.25, -0.2) is 4.98 Å². The smallest absolute Gasteiger partial charge is 0.325 e. The van der Waals surface area contributed by atoms with Gasteiger partial charge in [-0.3, -0.25) is 9.59 Å². The van der Waals surface area contributed by atoms with E-state index in [1.165, 1.54) is 31.1 Å². The number of carboxylic acid groups (broad SMARTS) is 1. The van der Waals surface area contributed by atoms with E-state index in [0.717, 1.165) is 17.8 Å². The number of aliphatic carboxylic acids is 1. The molecule has 0 radical (unpaired) electrons. The molecule has 1 saturated carbocycles. The number of amides is 1. The highest BCUT2D eigenvalue weighted by Gasteiger charge is 2.25. The summed E-state index contributed by atoms with van der Waals surface area (Å²) >= 11 is 1.40. The lowest BCUT2D eigenvalue weighted by molar-refractivity contribution is -0.138. The van der Waals surface area contributed by atoms with Crippen molar-refractivity contribution in [2.75, 3.05) is 0 Å². The van der Waals surface area contributed by atoms with Crippen molar-refractivity contribution in [2.24, 2.45) is 0 Å². The van der Waals surface area contributed by atoms with Gasteiger partial charge in [-0.05, 0) is 26.7 Å². The molecule has 1 unspecified atom stereocenters. The summed E-state index contributed by atoms with van der Waals surface area (Å²) in [5.41, 5.74) is 0.696. The minimum atomic E-state index is -1.04. The van der Waals surface area contributed by atoms with Gasteiger partial charge < -0.3 is 10.4 Å². The van der Waals surface area contributed by atoms with Crippen LogP contribution in [0.25, 0.3) is 0 Å². The molecule has 1 atom stereocenters. The first-order chi connectivity index (χ1) is 8.99. The Morgan fingerprint density at radius 2 is 2.05 bits per heavy atom. The maximum absolute atomic E-state index is 12.0. The predicted molar refractivity (Wildman–Crippen MR) is 72.6 cm³/mol. The molecule has 6 heteroatoms. The van der Waals surface area contributed by atoms with Crippen LogP contribution in [-0.4, -0.2) is 28.0 Å². The van der Waals surface area contributed by atoms with Gasteiger partial charge in [0.15, 0.2) is 0 Å². The third-order valence-electron chi connectivity index (χ3n) is 3.44. The van der Waals surface area contributed by atoms with Gasteiger partial charge in [0.05, 0.1) is 10.7 Å². The van der Waals surface area contributed by atoms with Gasteiger partial charge in [0.1, 0.15) is 10.9 Å². The van der Waals surface area contributed by atoms with Gasteiger partial charge >= 0.3 is 5.97 Å².